The Balaban J connectivity index is 0.00000195. The number of unbranched alkanes of at least 4 members (excludes halogenated alkanes) is 1. The minimum atomic E-state index is 0.246. The van der Waals surface area contributed by atoms with E-state index in [9.17, 15) is 10.2 Å². The molecule has 0 unspecified atom stereocenters. The molecule has 0 radical (unpaired) electrons. The fourth-order valence-corrected chi connectivity index (χ4v) is 4.87. The van der Waals surface area contributed by atoms with Crippen LogP contribution >= 0.6 is 0 Å². The van der Waals surface area contributed by atoms with Gasteiger partial charge in [0.25, 0.3) is 0 Å². The van der Waals surface area contributed by atoms with Crippen molar-refractivity contribution in [2.24, 2.45) is 0 Å². The summed E-state index contributed by atoms with van der Waals surface area (Å²) < 4.78 is 8.34. The van der Waals surface area contributed by atoms with Crippen molar-refractivity contribution < 1.29 is 14.9 Å². The third kappa shape index (κ3) is 7.32. The van der Waals surface area contributed by atoms with Crippen LogP contribution in [0.5, 0.6) is 17.2 Å². The SMILES string of the molecule is CC.CCCCN(CCC)CCOc1ccc(Cn2c(-c3ccc(O)cc3)c(C)c3cc(O)ccc32)cc1. The Morgan fingerprint density at radius 1 is 0.789 bits per heavy atom. The Morgan fingerprint density at radius 3 is 2.13 bits per heavy atom. The number of aromatic nitrogens is 1. The van der Waals surface area contributed by atoms with Crippen molar-refractivity contribution >= 4 is 10.9 Å². The molecule has 0 aliphatic carbocycles. The molecule has 38 heavy (non-hydrogen) atoms. The topological polar surface area (TPSA) is 57.9 Å². The zero-order valence-electron chi connectivity index (χ0n) is 23.7. The summed E-state index contributed by atoms with van der Waals surface area (Å²) >= 11 is 0. The normalized spacial score (nSPS) is 11.0. The van der Waals surface area contributed by atoms with E-state index in [1.54, 1.807) is 18.2 Å². The molecular weight excluding hydrogens is 472 g/mol. The van der Waals surface area contributed by atoms with Gasteiger partial charge >= 0.3 is 0 Å². The molecule has 1 heterocycles. The van der Waals surface area contributed by atoms with Crippen LogP contribution in [-0.4, -0.2) is 45.9 Å². The maximum Gasteiger partial charge on any atom is 0.119 e. The van der Waals surface area contributed by atoms with Crippen LogP contribution in [0.3, 0.4) is 0 Å². The van der Waals surface area contributed by atoms with Gasteiger partial charge in [-0.3, -0.25) is 4.90 Å². The van der Waals surface area contributed by atoms with Crippen LogP contribution in [0.15, 0.2) is 66.7 Å². The number of aromatic hydroxyl groups is 2. The third-order valence-corrected chi connectivity index (χ3v) is 6.75. The number of fused-ring (bicyclic) bond motifs is 1. The largest absolute Gasteiger partial charge is 0.508 e. The van der Waals surface area contributed by atoms with Gasteiger partial charge in [0.05, 0.1) is 5.69 Å². The third-order valence-electron chi connectivity index (χ3n) is 6.75. The van der Waals surface area contributed by atoms with E-state index < -0.39 is 0 Å². The van der Waals surface area contributed by atoms with Crippen molar-refractivity contribution in [2.45, 2.75) is 60.4 Å². The first-order valence-corrected chi connectivity index (χ1v) is 14.1. The number of phenolic OH excluding ortho intramolecular Hbond substituents is 2. The van der Waals surface area contributed by atoms with E-state index in [2.05, 4.69) is 54.5 Å². The Labute approximate surface area is 228 Å². The number of phenols is 2. The molecule has 0 bridgehead atoms. The van der Waals surface area contributed by atoms with E-state index >= 15 is 0 Å². The van der Waals surface area contributed by atoms with Crippen LogP contribution in [0, 0.1) is 6.92 Å². The molecule has 0 aliphatic rings. The van der Waals surface area contributed by atoms with Gasteiger partial charge in [0.15, 0.2) is 0 Å². The highest BCUT2D eigenvalue weighted by Gasteiger charge is 2.17. The number of hydrogen-bond acceptors (Lipinski definition) is 4. The summed E-state index contributed by atoms with van der Waals surface area (Å²) in [6.45, 7) is 15.1. The van der Waals surface area contributed by atoms with Crippen LogP contribution in [-0.2, 0) is 6.54 Å². The second kappa shape index (κ2) is 14.5. The smallest absolute Gasteiger partial charge is 0.119 e. The molecule has 1 aromatic heterocycles. The summed E-state index contributed by atoms with van der Waals surface area (Å²) in [4.78, 5) is 2.49. The zero-order valence-corrected chi connectivity index (χ0v) is 23.7. The highest BCUT2D eigenvalue weighted by Crippen LogP contribution is 2.36. The number of aryl methyl sites for hydroxylation is 1. The minimum absolute atomic E-state index is 0.246. The quantitative estimate of drug-likeness (QED) is 0.200. The Kier molecular flexibility index (Phi) is 11.1. The molecule has 4 rings (SSSR count). The number of ether oxygens (including phenoxy) is 1. The predicted octanol–water partition coefficient (Wildman–Crippen LogP) is 7.99. The molecule has 0 saturated carbocycles. The van der Waals surface area contributed by atoms with Crippen molar-refractivity contribution in [3.05, 3.63) is 77.9 Å². The summed E-state index contributed by atoms with van der Waals surface area (Å²) in [5.41, 5.74) is 5.45. The van der Waals surface area contributed by atoms with Crippen molar-refractivity contribution in [3.8, 4) is 28.5 Å². The monoisotopic (exact) mass is 516 g/mol. The molecule has 4 aromatic rings. The molecule has 5 heteroatoms. The number of nitrogens with zero attached hydrogens (tertiary/aromatic N) is 2. The number of benzene rings is 3. The summed E-state index contributed by atoms with van der Waals surface area (Å²) in [5, 5.41) is 20.9. The Bertz CT molecular complexity index is 1260. The lowest BCUT2D eigenvalue weighted by Gasteiger charge is -2.21. The summed E-state index contributed by atoms with van der Waals surface area (Å²) in [5.74, 6) is 1.40. The molecule has 5 nitrogen and oxygen atoms in total. The van der Waals surface area contributed by atoms with E-state index in [1.807, 2.05) is 38.1 Å². The average molecular weight is 517 g/mol. The van der Waals surface area contributed by atoms with E-state index in [-0.39, 0.29) is 11.5 Å². The standard InChI is InChI=1S/C31H38N2O3.C2H6/c1-4-6-18-32(17-5-2)19-20-36-28-14-7-24(8-15-28)22-33-30-16-13-27(35)21-29(30)23(3)31(33)25-9-11-26(34)12-10-25;1-2/h7-16,21,34-35H,4-6,17-20,22H2,1-3H3;1-2H3. The second-order valence-corrected chi connectivity index (χ2v) is 9.50. The highest BCUT2D eigenvalue weighted by atomic mass is 16.5. The first-order chi connectivity index (χ1) is 18.5. The number of rotatable bonds is 12. The van der Waals surface area contributed by atoms with Crippen molar-refractivity contribution in [2.75, 3.05) is 26.2 Å². The van der Waals surface area contributed by atoms with Crippen LogP contribution in [0.25, 0.3) is 22.2 Å². The van der Waals surface area contributed by atoms with Gasteiger partial charge in [-0.1, -0.05) is 46.2 Å². The van der Waals surface area contributed by atoms with Crippen LogP contribution in [0.4, 0.5) is 0 Å². The Morgan fingerprint density at radius 2 is 1.47 bits per heavy atom. The van der Waals surface area contributed by atoms with E-state index in [0.29, 0.717) is 13.2 Å². The van der Waals surface area contributed by atoms with E-state index in [4.69, 9.17) is 4.74 Å². The highest BCUT2D eigenvalue weighted by molar-refractivity contribution is 5.92. The first-order valence-electron chi connectivity index (χ1n) is 14.1. The molecule has 204 valence electrons. The molecule has 0 aliphatic heterocycles. The summed E-state index contributed by atoms with van der Waals surface area (Å²) in [6.07, 6.45) is 3.61. The van der Waals surface area contributed by atoms with Gasteiger partial charge < -0.3 is 19.5 Å². The second-order valence-electron chi connectivity index (χ2n) is 9.50. The molecule has 0 saturated heterocycles. The Hall–Kier alpha value is -3.44. The van der Waals surface area contributed by atoms with Crippen molar-refractivity contribution in [1.29, 1.82) is 0 Å². The van der Waals surface area contributed by atoms with Gasteiger partial charge in [-0.05, 0) is 104 Å². The lowest BCUT2D eigenvalue weighted by Crippen LogP contribution is -2.30. The predicted molar refractivity (Wildman–Crippen MR) is 159 cm³/mol. The molecule has 2 N–H and O–H groups in total. The fraction of sp³-hybridized carbons (Fsp3) is 0.394. The van der Waals surface area contributed by atoms with Gasteiger partial charge in [-0.15, -0.1) is 0 Å². The van der Waals surface area contributed by atoms with Gasteiger partial charge in [-0.2, -0.15) is 0 Å². The van der Waals surface area contributed by atoms with Crippen LogP contribution in [0.2, 0.25) is 0 Å². The van der Waals surface area contributed by atoms with E-state index in [0.717, 1.165) is 59.5 Å². The molecule has 0 fully saturated rings. The molecule has 0 atom stereocenters. The molecule has 0 amide bonds. The van der Waals surface area contributed by atoms with Gasteiger partial charge in [0.1, 0.15) is 23.9 Å². The van der Waals surface area contributed by atoms with Gasteiger partial charge in [0, 0.05) is 24.0 Å². The number of hydrogen-bond donors (Lipinski definition) is 2. The van der Waals surface area contributed by atoms with Gasteiger partial charge in [-0.25, -0.2) is 0 Å². The van der Waals surface area contributed by atoms with Crippen molar-refractivity contribution in [3.63, 3.8) is 0 Å². The first kappa shape index (κ1) is 29.1. The maximum atomic E-state index is 10.1. The fourth-order valence-electron chi connectivity index (χ4n) is 4.87. The molecule has 3 aromatic carbocycles. The summed E-state index contributed by atoms with van der Waals surface area (Å²) in [7, 11) is 0. The average Bonchev–Trinajstić information content (AvgIpc) is 3.20. The van der Waals surface area contributed by atoms with Crippen LogP contribution < -0.4 is 4.74 Å². The summed E-state index contributed by atoms with van der Waals surface area (Å²) in [6, 6.07) is 21.2. The van der Waals surface area contributed by atoms with Gasteiger partial charge in [0.2, 0.25) is 0 Å². The van der Waals surface area contributed by atoms with Crippen molar-refractivity contribution in [1.82, 2.24) is 9.47 Å². The minimum Gasteiger partial charge on any atom is -0.508 e. The molecule has 0 spiro atoms. The zero-order chi connectivity index (χ0) is 27.5. The van der Waals surface area contributed by atoms with E-state index in [1.165, 1.54) is 18.4 Å². The maximum absolute atomic E-state index is 10.1. The lowest BCUT2D eigenvalue weighted by atomic mass is 10.1. The lowest BCUT2D eigenvalue weighted by molar-refractivity contribution is 0.206. The van der Waals surface area contributed by atoms with Crippen LogP contribution in [0.1, 0.15) is 58.1 Å². The molecular formula is C33H44N2O3.